The molecule has 2 heterocycles. The van der Waals surface area contributed by atoms with Crippen molar-refractivity contribution >= 4 is 29.5 Å². The molecule has 2 N–H and O–H groups in total. The molecule has 1 saturated heterocycles. The topological polar surface area (TPSA) is 91.6 Å². The Balaban J connectivity index is 1.67. The summed E-state index contributed by atoms with van der Waals surface area (Å²) in [6, 6.07) is 8.51. The zero-order valence-electron chi connectivity index (χ0n) is 30.0. The molecule has 7 nitrogen and oxygen atoms in total. The fraction of sp³-hybridized carbons (Fsp3) is 0.595. The lowest BCUT2D eigenvalue weighted by Gasteiger charge is -2.28. The summed E-state index contributed by atoms with van der Waals surface area (Å²) >= 11 is 3.19. The molecule has 3 aromatic rings. The fourth-order valence-electron chi connectivity index (χ4n) is 5.50. The van der Waals surface area contributed by atoms with Gasteiger partial charge in [-0.1, -0.05) is 131 Å². The van der Waals surface area contributed by atoms with E-state index < -0.39 is 0 Å². The molecule has 1 fully saturated rings. The Hall–Kier alpha value is -2.49. The van der Waals surface area contributed by atoms with Gasteiger partial charge in [-0.25, -0.2) is 0 Å². The summed E-state index contributed by atoms with van der Waals surface area (Å²) in [6.45, 7) is 28.4. The summed E-state index contributed by atoms with van der Waals surface area (Å²) in [7, 11) is 0. The highest BCUT2D eigenvalue weighted by Gasteiger charge is 2.28. The number of hydrogen-bond acceptors (Lipinski definition) is 9. The van der Waals surface area contributed by atoms with Crippen LogP contribution in [0.4, 0.5) is 5.95 Å². The van der Waals surface area contributed by atoms with Crippen molar-refractivity contribution in [2.24, 2.45) is 0 Å². The number of rotatable bonds is 7. The van der Waals surface area contributed by atoms with Gasteiger partial charge in [0, 0.05) is 24.6 Å². The third-order valence-corrected chi connectivity index (χ3v) is 10.0. The van der Waals surface area contributed by atoms with Crippen LogP contribution in [0.25, 0.3) is 0 Å². The van der Waals surface area contributed by atoms with E-state index in [4.69, 9.17) is 19.7 Å². The first-order valence-electron chi connectivity index (χ1n) is 16.2. The lowest BCUT2D eigenvalue weighted by Crippen LogP contribution is -2.37. The summed E-state index contributed by atoms with van der Waals surface area (Å²) in [6.07, 6.45) is 0. The molecule has 252 valence electrons. The Morgan fingerprint density at radius 3 is 1.22 bits per heavy atom. The van der Waals surface area contributed by atoms with Crippen LogP contribution in [0.15, 0.2) is 34.6 Å². The second kappa shape index (κ2) is 13.6. The minimum Gasteiger partial charge on any atom is -0.507 e. The van der Waals surface area contributed by atoms with Crippen LogP contribution in [0, 0.1) is 0 Å². The number of aromatic hydroxyl groups is 2. The van der Waals surface area contributed by atoms with E-state index in [2.05, 4.69) is 112 Å². The van der Waals surface area contributed by atoms with Crippen molar-refractivity contribution in [3.8, 4) is 11.5 Å². The first kappa shape index (κ1) is 36.3. The maximum absolute atomic E-state index is 11.2. The van der Waals surface area contributed by atoms with Crippen LogP contribution in [0.5, 0.6) is 11.5 Å². The van der Waals surface area contributed by atoms with Gasteiger partial charge in [0.2, 0.25) is 5.95 Å². The number of thioether (sulfide) groups is 2. The third-order valence-electron chi connectivity index (χ3n) is 8.18. The zero-order chi connectivity index (χ0) is 34.2. The number of benzene rings is 2. The monoisotopic (exact) mass is 666 g/mol. The van der Waals surface area contributed by atoms with Crippen LogP contribution in [-0.2, 0) is 37.9 Å². The van der Waals surface area contributed by atoms with Gasteiger partial charge in [0.15, 0.2) is 10.3 Å². The largest absolute Gasteiger partial charge is 0.507 e. The number of phenols is 2. The molecule has 2 aromatic carbocycles. The predicted octanol–water partition coefficient (Wildman–Crippen LogP) is 8.89. The summed E-state index contributed by atoms with van der Waals surface area (Å²) in [5.41, 5.74) is 5.30. The van der Waals surface area contributed by atoms with Gasteiger partial charge in [0.25, 0.3) is 0 Å². The fourth-order valence-corrected chi connectivity index (χ4v) is 7.08. The van der Waals surface area contributed by atoms with Crippen molar-refractivity contribution in [1.82, 2.24) is 15.0 Å². The van der Waals surface area contributed by atoms with E-state index in [-0.39, 0.29) is 21.7 Å². The quantitative estimate of drug-likeness (QED) is 0.240. The number of ether oxygens (including phenoxy) is 1. The van der Waals surface area contributed by atoms with Crippen LogP contribution in [0.3, 0.4) is 0 Å². The van der Waals surface area contributed by atoms with Crippen molar-refractivity contribution < 1.29 is 14.9 Å². The normalized spacial score (nSPS) is 15.0. The zero-order valence-corrected chi connectivity index (χ0v) is 31.6. The van der Waals surface area contributed by atoms with Crippen LogP contribution < -0.4 is 4.90 Å². The van der Waals surface area contributed by atoms with Crippen molar-refractivity contribution in [2.45, 2.75) is 127 Å². The van der Waals surface area contributed by atoms with Crippen molar-refractivity contribution in [3.63, 3.8) is 0 Å². The lowest BCUT2D eigenvalue weighted by molar-refractivity contribution is 0.122. The second-order valence-electron chi connectivity index (χ2n) is 16.5. The van der Waals surface area contributed by atoms with Crippen LogP contribution >= 0.6 is 23.5 Å². The Kier molecular flexibility index (Phi) is 10.7. The van der Waals surface area contributed by atoms with E-state index in [1.807, 2.05) is 0 Å². The predicted molar refractivity (Wildman–Crippen MR) is 193 cm³/mol. The molecule has 1 aliphatic rings. The minimum absolute atomic E-state index is 0.195. The summed E-state index contributed by atoms with van der Waals surface area (Å²) in [4.78, 5) is 16.9. The van der Waals surface area contributed by atoms with Gasteiger partial charge < -0.3 is 19.8 Å². The average molecular weight is 667 g/mol. The molecule has 0 saturated carbocycles. The molecule has 0 amide bonds. The summed E-state index contributed by atoms with van der Waals surface area (Å²) in [5, 5.41) is 23.8. The molecular formula is C37H54N4O3S2. The Morgan fingerprint density at radius 2 is 0.913 bits per heavy atom. The summed E-state index contributed by atoms with van der Waals surface area (Å²) in [5.74, 6) is 2.80. The van der Waals surface area contributed by atoms with Gasteiger partial charge in [-0.3, -0.25) is 0 Å². The van der Waals surface area contributed by atoms with E-state index in [0.29, 0.717) is 52.5 Å². The van der Waals surface area contributed by atoms with Crippen LogP contribution in [0.2, 0.25) is 0 Å². The number of phenolic OH excluding ortho intramolecular Hbond substituents is 2. The molecule has 0 spiro atoms. The molecule has 0 radical (unpaired) electrons. The molecule has 4 rings (SSSR count). The van der Waals surface area contributed by atoms with Gasteiger partial charge in [-0.15, -0.1) is 0 Å². The molecule has 0 bridgehead atoms. The van der Waals surface area contributed by atoms with Crippen molar-refractivity contribution in [2.75, 3.05) is 31.2 Å². The average Bonchev–Trinajstić information content (AvgIpc) is 2.94. The number of anilines is 1. The highest BCUT2D eigenvalue weighted by molar-refractivity contribution is 7.99. The minimum atomic E-state index is -0.195. The number of aromatic nitrogens is 3. The maximum atomic E-state index is 11.2. The maximum Gasteiger partial charge on any atom is 0.230 e. The van der Waals surface area contributed by atoms with Crippen molar-refractivity contribution in [3.05, 3.63) is 57.6 Å². The first-order valence-corrected chi connectivity index (χ1v) is 18.2. The number of nitrogens with zero attached hydrogens (tertiary/aromatic N) is 4. The van der Waals surface area contributed by atoms with Gasteiger partial charge in [0.1, 0.15) is 11.5 Å². The highest BCUT2D eigenvalue weighted by Crippen LogP contribution is 2.42. The lowest BCUT2D eigenvalue weighted by atomic mass is 9.78. The van der Waals surface area contributed by atoms with Gasteiger partial charge in [-0.05, 0) is 55.0 Å². The molecule has 1 aliphatic heterocycles. The molecule has 1 aromatic heterocycles. The highest BCUT2D eigenvalue weighted by atomic mass is 32.2. The van der Waals surface area contributed by atoms with E-state index in [1.54, 1.807) is 23.5 Å². The van der Waals surface area contributed by atoms with Crippen LogP contribution in [0.1, 0.15) is 116 Å². The third kappa shape index (κ3) is 8.90. The molecule has 0 unspecified atom stereocenters. The van der Waals surface area contributed by atoms with Gasteiger partial charge in [0.05, 0.1) is 13.2 Å². The molecule has 46 heavy (non-hydrogen) atoms. The van der Waals surface area contributed by atoms with E-state index in [0.717, 1.165) is 46.5 Å². The smallest absolute Gasteiger partial charge is 0.230 e. The summed E-state index contributed by atoms with van der Waals surface area (Å²) < 4.78 is 5.60. The molecular weight excluding hydrogens is 613 g/mol. The molecule has 0 atom stereocenters. The van der Waals surface area contributed by atoms with E-state index >= 15 is 0 Å². The van der Waals surface area contributed by atoms with Crippen LogP contribution in [-0.4, -0.2) is 51.5 Å². The number of hydrogen-bond donors (Lipinski definition) is 2. The first-order chi connectivity index (χ1) is 21.1. The Labute approximate surface area is 285 Å². The molecule has 9 heteroatoms. The SMILES string of the molecule is CC(C)(C)c1cc(CSc2nc(SCc3cc(C(C)(C)C)c(O)c(C(C)(C)C)c3)nc(N3CCOCC3)n2)cc(C(C)(C)C)c1O. The Morgan fingerprint density at radius 1 is 0.587 bits per heavy atom. The second-order valence-corrected chi connectivity index (χ2v) is 18.3. The Bertz CT molecular complexity index is 1370. The van der Waals surface area contributed by atoms with E-state index in [9.17, 15) is 10.2 Å². The van der Waals surface area contributed by atoms with Crippen molar-refractivity contribution in [1.29, 1.82) is 0 Å². The molecule has 0 aliphatic carbocycles. The van der Waals surface area contributed by atoms with Gasteiger partial charge >= 0.3 is 0 Å². The van der Waals surface area contributed by atoms with E-state index in [1.165, 1.54) is 0 Å². The van der Waals surface area contributed by atoms with Gasteiger partial charge in [-0.2, -0.15) is 15.0 Å². The number of morpholine rings is 1. The standard InChI is InChI=1S/C37H54N4O3S2/c1-34(2,3)25-17-23(18-26(29(25)42)35(4,5)6)21-45-32-38-31(41-13-15-44-16-14-41)39-33(40-32)46-22-24-19-27(36(7,8)9)30(43)28(20-24)37(10,11)12/h17-20,42-43H,13-16,21-22H2,1-12H3.